The van der Waals surface area contributed by atoms with Crippen molar-refractivity contribution in [2.24, 2.45) is 0 Å². The van der Waals surface area contributed by atoms with Gasteiger partial charge in [0.25, 0.3) is 0 Å². The summed E-state index contributed by atoms with van der Waals surface area (Å²) in [6, 6.07) is 8.77. The number of rotatable bonds is 3. The van der Waals surface area contributed by atoms with Gasteiger partial charge >= 0.3 is 0 Å². The van der Waals surface area contributed by atoms with Crippen LogP contribution >= 0.6 is 0 Å². The van der Waals surface area contributed by atoms with Crippen molar-refractivity contribution in [1.29, 1.82) is 0 Å². The summed E-state index contributed by atoms with van der Waals surface area (Å²) in [6.07, 6.45) is 5.57. The molecule has 0 saturated heterocycles. The van der Waals surface area contributed by atoms with E-state index in [1.807, 2.05) is 0 Å². The fourth-order valence-electron chi connectivity index (χ4n) is 2.44. The zero-order chi connectivity index (χ0) is 9.80. The maximum atomic E-state index is 3.45. The van der Waals surface area contributed by atoms with Crippen LogP contribution < -0.4 is 5.32 Å². The third-order valence-electron chi connectivity index (χ3n) is 3.12. The molecule has 1 heteroatoms. The second kappa shape index (κ2) is 4.50. The predicted molar refractivity (Wildman–Crippen MR) is 61.8 cm³/mol. The minimum atomic E-state index is 0.810. The number of benzene rings is 1. The second-order valence-corrected chi connectivity index (χ2v) is 4.10. The largest absolute Gasteiger partial charge is 0.385 e. The molecule has 0 atom stereocenters. The first-order valence-electron chi connectivity index (χ1n) is 5.74. The Kier molecular flexibility index (Phi) is 3.07. The van der Waals surface area contributed by atoms with Gasteiger partial charge in [0.1, 0.15) is 0 Å². The first kappa shape index (κ1) is 9.57. The summed E-state index contributed by atoms with van der Waals surface area (Å²) in [5.74, 6) is 0.810. The molecule has 0 aliphatic heterocycles. The molecule has 14 heavy (non-hydrogen) atoms. The molecule has 0 heterocycles. The number of para-hydroxylation sites is 1. The Labute approximate surface area is 86.5 Å². The highest BCUT2D eigenvalue weighted by Crippen LogP contribution is 2.37. The third-order valence-corrected chi connectivity index (χ3v) is 3.12. The average molecular weight is 189 g/mol. The van der Waals surface area contributed by atoms with Crippen LogP contribution in [0.15, 0.2) is 24.3 Å². The Morgan fingerprint density at radius 2 is 1.93 bits per heavy atom. The molecule has 2 rings (SSSR count). The van der Waals surface area contributed by atoms with Crippen LogP contribution in [0.4, 0.5) is 5.69 Å². The fraction of sp³-hybridized carbons (Fsp3) is 0.538. The molecular weight excluding hydrogens is 170 g/mol. The molecular formula is C13H19N. The van der Waals surface area contributed by atoms with Gasteiger partial charge in [-0.3, -0.25) is 0 Å². The molecule has 1 aromatic rings. The van der Waals surface area contributed by atoms with Crippen molar-refractivity contribution in [3.63, 3.8) is 0 Å². The lowest BCUT2D eigenvalue weighted by Gasteiger charge is -2.15. The first-order valence-corrected chi connectivity index (χ1v) is 5.74. The lowest BCUT2D eigenvalue weighted by atomic mass is 9.96. The minimum Gasteiger partial charge on any atom is -0.385 e. The molecule has 1 aliphatic carbocycles. The van der Waals surface area contributed by atoms with Crippen LogP contribution in [0.3, 0.4) is 0 Å². The summed E-state index contributed by atoms with van der Waals surface area (Å²) < 4.78 is 0. The van der Waals surface area contributed by atoms with Crippen molar-refractivity contribution in [3.8, 4) is 0 Å². The van der Waals surface area contributed by atoms with Gasteiger partial charge in [-0.25, -0.2) is 0 Å². The van der Waals surface area contributed by atoms with E-state index in [1.165, 1.54) is 36.9 Å². The molecule has 0 spiro atoms. The summed E-state index contributed by atoms with van der Waals surface area (Å²) in [7, 11) is 0. The van der Waals surface area contributed by atoms with E-state index in [1.54, 1.807) is 0 Å². The van der Waals surface area contributed by atoms with E-state index in [4.69, 9.17) is 0 Å². The van der Waals surface area contributed by atoms with Gasteiger partial charge in [-0.1, -0.05) is 31.0 Å². The quantitative estimate of drug-likeness (QED) is 0.763. The highest BCUT2D eigenvalue weighted by atomic mass is 14.9. The van der Waals surface area contributed by atoms with Crippen molar-refractivity contribution in [3.05, 3.63) is 29.8 Å². The van der Waals surface area contributed by atoms with E-state index in [9.17, 15) is 0 Å². The average Bonchev–Trinajstić information content (AvgIpc) is 2.72. The van der Waals surface area contributed by atoms with E-state index >= 15 is 0 Å². The lowest BCUT2D eigenvalue weighted by Crippen LogP contribution is -2.02. The Morgan fingerprint density at radius 3 is 2.64 bits per heavy atom. The summed E-state index contributed by atoms with van der Waals surface area (Å²) in [4.78, 5) is 0. The summed E-state index contributed by atoms with van der Waals surface area (Å²) in [5, 5.41) is 3.45. The smallest absolute Gasteiger partial charge is 0.0375 e. The van der Waals surface area contributed by atoms with E-state index in [0.29, 0.717) is 0 Å². The van der Waals surface area contributed by atoms with Crippen molar-refractivity contribution in [1.82, 2.24) is 0 Å². The maximum absolute atomic E-state index is 3.45. The van der Waals surface area contributed by atoms with Crippen LogP contribution in [0.2, 0.25) is 0 Å². The third kappa shape index (κ3) is 1.92. The maximum Gasteiger partial charge on any atom is 0.0375 e. The van der Waals surface area contributed by atoms with Crippen LogP contribution in [0.25, 0.3) is 0 Å². The van der Waals surface area contributed by atoms with Gasteiger partial charge in [-0.2, -0.15) is 0 Å². The second-order valence-electron chi connectivity index (χ2n) is 4.10. The van der Waals surface area contributed by atoms with E-state index in [2.05, 4.69) is 36.5 Å². The van der Waals surface area contributed by atoms with Crippen molar-refractivity contribution >= 4 is 5.69 Å². The van der Waals surface area contributed by atoms with Crippen LogP contribution in [-0.4, -0.2) is 6.54 Å². The van der Waals surface area contributed by atoms with Crippen LogP contribution in [0.5, 0.6) is 0 Å². The van der Waals surface area contributed by atoms with E-state index < -0.39 is 0 Å². The Hall–Kier alpha value is -0.980. The zero-order valence-electron chi connectivity index (χ0n) is 8.92. The topological polar surface area (TPSA) is 12.0 Å². The fourth-order valence-corrected chi connectivity index (χ4v) is 2.44. The molecule has 0 aromatic heterocycles. The lowest BCUT2D eigenvalue weighted by molar-refractivity contribution is 0.724. The Balaban J connectivity index is 2.21. The molecule has 0 amide bonds. The van der Waals surface area contributed by atoms with Crippen LogP contribution in [0.1, 0.15) is 44.1 Å². The zero-order valence-corrected chi connectivity index (χ0v) is 8.92. The van der Waals surface area contributed by atoms with Gasteiger partial charge in [0.15, 0.2) is 0 Å². The number of hydrogen-bond acceptors (Lipinski definition) is 1. The summed E-state index contributed by atoms with van der Waals surface area (Å²) in [5.41, 5.74) is 2.88. The standard InChI is InChI=1S/C13H19N/c1-2-14-13-10-6-5-9-12(13)11-7-3-4-8-11/h5-6,9-11,14H,2-4,7-8H2,1H3. The van der Waals surface area contributed by atoms with Gasteiger partial charge in [0, 0.05) is 12.2 Å². The van der Waals surface area contributed by atoms with Gasteiger partial charge < -0.3 is 5.32 Å². The van der Waals surface area contributed by atoms with Crippen molar-refractivity contribution < 1.29 is 0 Å². The summed E-state index contributed by atoms with van der Waals surface area (Å²) >= 11 is 0. The normalized spacial score (nSPS) is 17.2. The SMILES string of the molecule is CCNc1ccccc1C1CCCC1. The predicted octanol–water partition coefficient (Wildman–Crippen LogP) is 3.78. The van der Waals surface area contributed by atoms with E-state index in [0.717, 1.165) is 12.5 Å². The highest BCUT2D eigenvalue weighted by molar-refractivity contribution is 5.52. The monoisotopic (exact) mass is 189 g/mol. The molecule has 1 saturated carbocycles. The molecule has 0 unspecified atom stereocenters. The molecule has 1 N–H and O–H groups in total. The molecule has 0 radical (unpaired) electrons. The molecule has 1 aromatic carbocycles. The molecule has 0 bridgehead atoms. The number of hydrogen-bond donors (Lipinski definition) is 1. The molecule has 1 fully saturated rings. The number of nitrogens with one attached hydrogen (secondary N) is 1. The Morgan fingerprint density at radius 1 is 1.21 bits per heavy atom. The highest BCUT2D eigenvalue weighted by Gasteiger charge is 2.18. The minimum absolute atomic E-state index is 0.810. The Bertz CT molecular complexity index is 287. The molecule has 1 aliphatic rings. The van der Waals surface area contributed by atoms with Crippen molar-refractivity contribution in [2.45, 2.75) is 38.5 Å². The first-order chi connectivity index (χ1) is 6.92. The van der Waals surface area contributed by atoms with Crippen LogP contribution in [0, 0.1) is 0 Å². The van der Waals surface area contributed by atoms with Gasteiger partial charge in [-0.05, 0) is 37.3 Å². The van der Waals surface area contributed by atoms with Gasteiger partial charge in [0.2, 0.25) is 0 Å². The van der Waals surface area contributed by atoms with E-state index in [-0.39, 0.29) is 0 Å². The van der Waals surface area contributed by atoms with Gasteiger partial charge in [0.05, 0.1) is 0 Å². The van der Waals surface area contributed by atoms with Crippen molar-refractivity contribution in [2.75, 3.05) is 11.9 Å². The van der Waals surface area contributed by atoms with Gasteiger partial charge in [-0.15, -0.1) is 0 Å². The number of anilines is 1. The molecule has 76 valence electrons. The van der Waals surface area contributed by atoms with Crippen LogP contribution in [-0.2, 0) is 0 Å². The molecule has 1 nitrogen and oxygen atoms in total. The summed E-state index contributed by atoms with van der Waals surface area (Å²) in [6.45, 7) is 3.18.